The van der Waals surface area contributed by atoms with Gasteiger partial charge in [-0.2, -0.15) is 0 Å². The average Bonchev–Trinajstić information content (AvgIpc) is 2.43. The number of benzene rings is 2. The van der Waals surface area contributed by atoms with Crippen molar-refractivity contribution >= 4 is 23.2 Å². The Labute approximate surface area is 129 Å². The van der Waals surface area contributed by atoms with Crippen LogP contribution < -0.4 is 5.32 Å². The van der Waals surface area contributed by atoms with Gasteiger partial charge in [0.1, 0.15) is 5.75 Å². The molecule has 2 rings (SSSR count). The van der Waals surface area contributed by atoms with E-state index in [0.717, 1.165) is 16.8 Å². The molecule has 0 aliphatic rings. The second-order valence-electron chi connectivity index (χ2n) is 5.31. The number of amides is 1. The van der Waals surface area contributed by atoms with Gasteiger partial charge in [-0.25, -0.2) is 0 Å². The fourth-order valence-corrected chi connectivity index (χ4v) is 2.41. The molecule has 110 valence electrons. The number of aromatic hydroxyl groups is 1. The third-order valence-electron chi connectivity index (χ3n) is 3.36. The molecule has 21 heavy (non-hydrogen) atoms. The van der Waals surface area contributed by atoms with Crippen LogP contribution in [0.15, 0.2) is 36.4 Å². The number of hydrogen-bond acceptors (Lipinski definition) is 2. The minimum absolute atomic E-state index is 0.0124. The number of anilines is 1. The zero-order chi connectivity index (χ0) is 15.6. The highest BCUT2D eigenvalue weighted by Crippen LogP contribution is 2.29. The Morgan fingerprint density at radius 1 is 1.24 bits per heavy atom. The number of carbonyl (C=O) groups excluding carboxylic acids is 1. The third-order valence-corrected chi connectivity index (χ3v) is 3.69. The highest BCUT2D eigenvalue weighted by Gasteiger charge is 2.15. The number of hydrogen-bond donors (Lipinski definition) is 2. The van der Waals surface area contributed by atoms with E-state index in [9.17, 15) is 9.90 Å². The lowest BCUT2D eigenvalue weighted by Crippen LogP contribution is -2.15. The number of aryl methyl sites for hydroxylation is 1. The summed E-state index contributed by atoms with van der Waals surface area (Å²) in [5.41, 5.74) is 3.12. The van der Waals surface area contributed by atoms with Crippen molar-refractivity contribution in [3.05, 3.63) is 58.1 Å². The van der Waals surface area contributed by atoms with Crippen molar-refractivity contribution in [1.29, 1.82) is 0 Å². The van der Waals surface area contributed by atoms with E-state index in [-0.39, 0.29) is 17.2 Å². The number of phenols is 1. The molecule has 0 saturated heterocycles. The van der Waals surface area contributed by atoms with E-state index in [4.69, 9.17) is 11.6 Å². The van der Waals surface area contributed by atoms with Crippen molar-refractivity contribution in [2.45, 2.75) is 26.7 Å². The number of halogens is 1. The topological polar surface area (TPSA) is 49.3 Å². The Kier molecular flexibility index (Phi) is 4.53. The van der Waals surface area contributed by atoms with E-state index >= 15 is 0 Å². The van der Waals surface area contributed by atoms with E-state index in [2.05, 4.69) is 19.2 Å². The Hall–Kier alpha value is -2.00. The lowest BCUT2D eigenvalue weighted by molar-refractivity contribution is 0.102. The lowest BCUT2D eigenvalue weighted by Gasteiger charge is -2.16. The summed E-state index contributed by atoms with van der Waals surface area (Å²) in [5.74, 6) is -0.0228. The van der Waals surface area contributed by atoms with Gasteiger partial charge < -0.3 is 10.4 Å². The Morgan fingerprint density at radius 3 is 2.62 bits per heavy atom. The van der Waals surface area contributed by atoms with Crippen molar-refractivity contribution in [2.75, 3.05) is 5.32 Å². The van der Waals surface area contributed by atoms with Crippen LogP contribution in [0.5, 0.6) is 5.75 Å². The lowest BCUT2D eigenvalue weighted by atomic mass is 9.98. The van der Waals surface area contributed by atoms with Crippen LogP contribution in [0, 0.1) is 6.92 Å². The minimum atomic E-state index is -0.327. The van der Waals surface area contributed by atoms with Crippen LogP contribution in [-0.2, 0) is 0 Å². The molecule has 0 bridgehead atoms. The van der Waals surface area contributed by atoms with Crippen LogP contribution in [0.1, 0.15) is 41.3 Å². The number of carbonyl (C=O) groups is 1. The van der Waals surface area contributed by atoms with Crippen LogP contribution in [0.25, 0.3) is 0 Å². The number of phenolic OH excluding ortho intramolecular Hbond substituents is 1. The van der Waals surface area contributed by atoms with Gasteiger partial charge in [0, 0.05) is 5.69 Å². The van der Waals surface area contributed by atoms with E-state index in [1.165, 1.54) is 18.2 Å². The summed E-state index contributed by atoms with van der Waals surface area (Å²) in [5, 5.41) is 12.7. The molecule has 2 N–H and O–H groups in total. The van der Waals surface area contributed by atoms with Crippen molar-refractivity contribution in [3.8, 4) is 5.75 Å². The normalized spacial score (nSPS) is 10.7. The van der Waals surface area contributed by atoms with Crippen LogP contribution in [0.2, 0.25) is 5.02 Å². The highest BCUT2D eigenvalue weighted by molar-refractivity contribution is 6.34. The maximum absolute atomic E-state index is 12.4. The zero-order valence-corrected chi connectivity index (χ0v) is 13.0. The van der Waals surface area contributed by atoms with E-state index in [0.29, 0.717) is 10.9 Å². The molecule has 0 aromatic heterocycles. The summed E-state index contributed by atoms with van der Waals surface area (Å²) in [6.07, 6.45) is 0. The van der Waals surface area contributed by atoms with Gasteiger partial charge in [-0.1, -0.05) is 43.6 Å². The predicted octanol–water partition coefficient (Wildman–Crippen LogP) is 4.73. The Balaban J connectivity index is 2.38. The van der Waals surface area contributed by atoms with Gasteiger partial charge in [-0.15, -0.1) is 0 Å². The van der Waals surface area contributed by atoms with Gasteiger partial charge in [0.2, 0.25) is 0 Å². The molecule has 0 radical (unpaired) electrons. The summed E-state index contributed by atoms with van der Waals surface area (Å²) < 4.78 is 0. The molecule has 0 saturated carbocycles. The van der Waals surface area contributed by atoms with Gasteiger partial charge in [0.15, 0.2) is 0 Å². The van der Waals surface area contributed by atoms with Crippen LogP contribution in [0.4, 0.5) is 5.69 Å². The molecule has 0 spiro atoms. The fraction of sp³-hybridized carbons (Fsp3) is 0.235. The molecular formula is C17H18ClNO2. The summed E-state index contributed by atoms with van der Waals surface area (Å²) in [6.45, 7) is 6.10. The third kappa shape index (κ3) is 3.37. The first-order valence-electron chi connectivity index (χ1n) is 6.79. The number of para-hydroxylation sites is 1. The summed E-state index contributed by atoms with van der Waals surface area (Å²) in [4.78, 5) is 12.4. The second-order valence-corrected chi connectivity index (χ2v) is 5.72. The molecule has 0 atom stereocenters. The Bertz CT molecular complexity index is 680. The fourth-order valence-electron chi connectivity index (χ4n) is 2.21. The van der Waals surface area contributed by atoms with E-state index in [1.54, 1.807) is 0 Å². The molecule has 0 aliphatic carbocycles. The molecule has 1 amide bonds. The summed E-state index contributed by atoms with van der Waals surface area (Å²) in [6, 6.07) is 10.2. The maximum atomic E-state index is 12.4. The SMILES string of the molecule is Cc1cccc(C(C)C)c1NC(=O)c1cc(O)ccc1Cl. The largest absolute Gasteiger partial charge is 0.508 e. The first kappa shape index (κ1) is 15.4. The van der Waals surface area contributed by atoms with Gasteiger partial charge in [0.25, 0.3) is 5.91 Å². The smallest absolute Gasteiger partial charge is 0.257 e. The van der Waals surface area contributed by atoms with Crippen molar-refractivity contribution in [3.63, 3.8) is 0 Å². The van der Waals surface area contributed by atoms with Crippen LogP contribution >= 0.6 is 11.6 Å². The van der Waals surface area contributed by atoms with Gasteiger partial charge in [-0.3, -0.25) is 4.79 Å². The molecule has 0 fully saturated rings. The van der Waals surface area contributed by atoms with E-state index in [1.807, 2.05) is 25.1 Å². The first-order valence-corrected chi connectivity index (χ1v) is 7.17. The van der Waals surface area contributed by atoms with Crippen molar-refractivity contribution in [2.24, 2.45) is 0 Å². The predicted molar refractivity (Wildman–Crippen MR) is 86.3 cm³/mol. The molecule has 2 aromatic carbocycles. The molecule has 3 nitrogen and oxygen atoms in total. The quantitative estimate of drug-likeness (QED) is 0.861. The maximum Gasteiger partial charge on any atom is 0.257 e. The molecular weight excluding hydrogens is 286 g/mol. The molecule has 2 aromatic rings. The average molecular weight is 304 g/mol. The summed E-state index contributed by atoms with van der Waals surface area (Å²) in [7, 11) is 0. The standard InChI is InChI=1S/C17H18ClNO2/c1-10(2)13-6-4-5-11(3)16(13)19-17(21)14-9-12(20)7-8-15(14)18/h4-10,20H,1-3H3,(H,19,21). The molecule has 0 aliphatic heterocycles. The van der Waals surface area contributed by atoms with Crippen LogP contribution in [0.3, 0.4) is 0 Å². The highest BCUT2D eigenvalue weighted by atomic mass is 35.5. The van der Waals surface area contributed by atoms with Gasteiger partial charge in [-0.05, 0) is 42.2 Å². The number of rotatable bonds is 3. The minimum Gasteiger partial charge on any atom is -0.508 e. The van der Waals surface area contributed by atoms with Gasteiger partial charge >= 0.3 is 0 Å². The zero-order valence-electron chi connectivity index (χ0n) is 12.3. The van der Waals surface area contributed by atoms with E-state index < -0.39 is 0 Å². The van der Waals surface area contributed by atoms with Crippen molar-refractivity contribution < 1.29 is 9.90 Å². The number of nitrogens with one attached hydrogen (secondary N) is 1. The van der Waals surface area contributed by atoms with Crippen LogP contribution in [-0.4, -0.2) is 11.0 Å². The monoisotopic (exact) mass is 303 g/mol. The molecule has 0 heterocycles. The molecule has 4 heteroatoms. The second kappa shape index (κ2) is 6.19. The van der Waals surface area contributed by atoms with Gasteiger partial charge in [0.05, 0.1) is 10.6 Å². The van der Waals surface area contributed by atoms with Crippen molar-refractivity contribution in [1.82, 2.24) is 0 Å². The Morgan fingerprint density at radius 2 is 1.95 bits per heavy atom. The first-order chi connectivity index (χ1) is 9.90. The summed E-state index contributed by atoms with van der Waals surface area (Å²) >= 11 is 6.03. The molecule has 0 unspecified atom stereocenters.